The highest BCUT2D eigenvalue weighted by Crippen LogP contribution is 2.68. The van der Waals surface area contributed by atoms with Crippen molar-refractivity contribution in [2.45, 2.75) is 46.1 Å². The maximum atomic E-state index is 3.73. The monoisotopic (exact) mass is 193 g/mol. The molecule has 0 aliphatic heterocycles. The number of hydrogen-bond acceptors (Lipinski definition) is 1. The number of nitrogens with one attached hydrogen (secondary N) is 1. The van der Waals surface area contributed by atoms with E-state index in [1.807, 2.05) is 0 Å². The number of hydrogen-bond donors (Lipinski definition) is 1. The SMILES string of the molecule is CCNC1C2C3CCC(C3)C2C1(C)C. The molecule has 80 valence electrons. The van der Waals surface area contributed by atoms with Gasteiger partial charge in [0.25, 0.3) is 0 Å². The Hall–Kier alpha value is -0.0400. The highest BCUT2D eigenvalue weighted by molar-refractivity contribution is 5.17. The maximum Gasteiger partial charge on any atom is 0.0155 e. The summed E-state index contributed by atoms with van der Waals surface area (Å²) in [6.07, 6.45) is 4.62. The lowest BCUT2D eigenvalue weighted by Gasteiger charge is -2.61. The first-order valence-electron chi connectivity index (χ1n) is 6.39. The zero-order valence-electron chi connectivity index (χ0n) is 9.72. The second-order valence-electron chi connectivity index (χ2n) is 6.29. The number of fused-ring (bicyclic) bond motifs is 5. The van der Waals surface area contributed by atoms with E-state index >= 15 is 0 Å². The molecule has 1 N–H and O–H groups in total. The van der Waals surface area contributed by atoms with Crippen molar-refractivity contribution in [2.75, 3.05) is 6.54 Å². The van der Waals surface area contributed by atoms with E-state index in [4.69, 9.17) is 0 Å². The van der Waals surface area contributed by atoms with Crippen LogP contribution in [0.25, 0.3) is 0 Å². The first-order valence-corrected chi connectivity index (χ1v) is 6.39. The van der Waals surface area contributed by atoms with Gasteiger partial charge in [-0.25, -0.2) is 0 Å². The average Bonchev–Trinajstić information content (AvgIpc) is 2.71. The largest absolute Gasteiger partial charge is 0.313 e. The molecule has 0 saturated heterocycles. The lowest BCUT2D eigenvalue weighted by Crippen LogP contribution is -2.65. The summed E-state index contributed by atoms with van der Waals surface area (Å²) in [7, 11) is 0. The van der Waals surface area contributed by atoms with E-state index in [9.17, 15) is 0 Å². The van der Waals surface area contributed by atoms with Gasteiger partial charge in [0.2, 0.25) is 0 Å². The fraction of sp³-hybridized carbons (Fsp3) is 1.00. The van der Waals surface area contributed by atoms with Crippen LogP contribution in [0, 0.1) is 29.1 Å². The first-order chi connectivity index (χ1) is 6.66. The molecule has 5 atom stereocenters. The molecule has 0 spiro atoms. The second kappa shape index (κ2) is 2.75. The molecule has 3 aliphatic rings. The predicted molar refractivity (Wildman–Crippen MR) is 59.1 cm³/mol. The Morgan fingerprint density at radius 3 is 2.64 bits per heavy atom. The van der Waals surface area contributed by atoms with Gasteiger partial charge in [-0.05, 0) is 54.9 Å². The molecule has 3 aliphatic carbocycles. The molecular formula is C13H23N. The summed E-state index contributed by atoms with van der Waals surface area (Å²) in [6.45, 7) is 8.37. The molecule has 1 nitrogen and oxygen atoms in total. The molecule has 5 unspecified atom stereocenters. The van der Waals surface area contributed by atoms with Gasteiger partial charge in [0.1, 0.15) is 0 Å². The van der Waals surface area contributed by atoms with Crippen LogP contribution in [0.1, 0.15) is 40.0 Å². The summed E-state index contributed by atoms with van der Waals surface area (Å²) in [5.74, 6) is 4.28. The van der Waals surface area contributed by atoms with Gasteiger partial charge in [0.15, 0.2) is 0 Å². The van der Waals surface area contributed by atoms with Gasteiger partial charge in [-0.1, -0.05) is 20.8 Å². The van der Waals surface area contributed by atoms with Gasteiger partial charge in [-0.15, -0.1) is 0 Å². The Labute approximate surface area is 87.7 Å². The molecule has 0 radical (unpaired) electrons. The van der Waals surface area contributed by atoms with Crippen molar-refractivity contribution in [1.82, 2.24) is 5.32 Å². The van der Waals surface area contributed by atoms with Crippen molar-refractivity contribution in [3.8, 4) is 0 Å². The first kappa shape index (κ1) is 9.21. The summed E-state index contributed by atoms with van der Waals surface area (Å²) >= 11 is 0. The molecule has 0 aromatic heterocycles. The van der Waals surface area contributed by atoms with Crippen molar-refractivity contribution in [2.24, 2.45) is 29.1 Å². The van der Waals surface area contributed by atoms with Crippen LogP contribution in [-0.4, -0.2) is 12.6 Å². The van der Waals surface area contributed by atoms with Gasteiger partial charge in [-0.2, -0.15) is 0 Å². The summed E-state index contributed by atoms with van der Waals surface area (Å²) in [5, 5.41) is 3.73. The molecule has 3 fully saturated rings. The lowest BCUT2D eigenvalue weighted by atomic mass is 9.48. The van der Waals surface area contributed by atoms with Crippen LogP contribution in [-0.2, 0) is 0 Å². The van der Waals surface area contributed by atoms with Crippen molar-refractivity contribution in [3.05, 3.63) is 0 Å². The van der Waals surface area contributed by atoms with E-state index in [1.165, 1.54) is 12.8 Å². The van der Waals surface area contributed by atoms with Gasteiger partial charge in [-0.3, -0.25) is 0 Å². The van der Waals surface area contributed by atoms with Crippen LogP contribution in [0.5, 0.6) is 0 Å². The fourth-order valence-corrected chi connectivity index (χ4v) is 5.12. The van der Waals surface area contributed by atoms with Crippen LogP contribution in [0.4, 0.5) is 0 Å². The molecule has 14 heavy (non-hydrogen) atoms. The van der Waals surface area contributed by atoms with Gasteiger partial charge >= 0.3 is 0 Å². The smallest absolute Gasteiger partial charge is 0.0155 e. The quantitative estimate of drug-likeness (QED) is 0.711. The zero-order chi connectivity index (χ0) is 9.92. The highest BCUT2D eigenvalue weighted by Gasteiger charge is 2.66. The van der Waals surface area contributed by atoms with E-state index < -0.39 is 0 Å². The van der Waals surface area contributed by atoms with E-state index in [0.29, 0.717) is 5.41 Å². The Morgan fingerprint density at radius 2 is 1.93 bits per heavy atom. The molecule has 0 aromatic carbocycles. The summed E-state index contributed by atoms with van der Waals surface area (Å²) in [6, 6.07) is 0.827. The van der Waals surface area contributed by atoms with Crippen molar-refractivity contribution < 1.29 is 0 Å². The van der Waals surface area contributed by atoms with Crippen LogP contribution in [0.15, 0.2) is 0 Å². The van der Waals surface area contributed by atoms with E-state index in [2.05, 4.69) is 26.1 Å². The van der Waals surface area contributed by atoms with E-state index in [-0.39, 0.29) is 0 Å². The Kier molecular flexibility index (Phi) is 1.81. The van der Waals surface area contributed by atoms with Gasteiger partial charge in [0, 0.05) is 6.04 Å². The van der Waals surface area contributed by atoms with Crippen LogP contribution >= 0.6 is 0 Å². The molecule has 1 heteroatoms. The number of rotatable bonds is 2. The third-order valence-electron chi connectivity index (χ3n) is 5.45. The molecule has 0 heterocycles. The van der Waals surface area contributed by atoms with Crippen molar-refractivity contribution in [1.29, 1.82) is 0 Å². The lowest BCUT2D eigenvalue weighted by molar-refractivity contribution is -0.0936. The molecule has 2 bridgehead atoms. The Bertz CT molecular complexity index is 246. The van der Waals surface area contributed by atoms with Crippen molar-refractivity contribution >= 4 is 0 Å². The van der Waals surface area contributed by atoms with Crippen molar-refractivity contribution in [3.63, 3.8) is 0 Å². The topological polar surface area (TPSA) is 12.0 Å². The third-order valence-corrected chi connectivity index (χ3v) is 5.45. The summed E-state index contributed by atoms with van der Waals surface area (Å²) in [5.41, 5.74) is 0.584. The van der Waals surface area contributed by atoms with E-state index in [1.54, 1.807) is 6.42 Å². The van der Waals surface area contributed by atoms with Crippen LogP contribution in [0.2, 0.25) is 0 Å². The van der Waals surface area contributed by atoms with E-state index in [0.717, 1.165) is 36.3 Å². The average molecular weight is 193 g/mol. The minimum absolute atomic E-state index is 0.584. The molecule has 0 aromatic rings. The molecule has 0 amide bonds. The standard InChI is InChI=1S/C13H23N/c1-4-14-12-10-8-5-6-9(7-8)11(10)13(12,2)3/h8-12,14H,4-7H2,1-3H3. The third kappa shape index (κ3) is 0.900. The minimum Gasteiger partial charge on any atom is -0.313 e. The van der Waals surface area contributed by atoms with Gasteiger partial charge in [0.05, 0.1) is 0 Å². The fourth-order valence-electron chi connectivity index (χ4n) is 5.12. The molecule has 3 rings (SSSR count). The Morgan fingerprint density at radius 1 is 1.21 bits per heavy atom. The van der Waals surface area contributed by atoms with Gasteiger partial charge < -0.3 is 5.32 Å². The molecular weight excluding hydrogens is 170 g/mol. The molecule has 3 saturated carbocycles. The van der Waals surface area contributed by atoms with Crippen LogP contribution < -0.4 is 5.32 Å². The normalized spacial score (nSPS) is 52.9. The minimum atomic E-state index is 0.584. The maximum absolute atomic E-state index is 3.73. The second-order valence-corrected chi connectivity index (χ2v) is 6.29. The Balaban J connectivity index is 1.83. The zero-order valence-corrected chi connectivity index (χ0v) is 9.72. The highest BCUT2D eigenvalue weighted by atomic mass is 15.0. The predicted octanol–water partition coefficient (Wildman–Crippen LogP) is 2.67. The summed E-state index contributed by atoms with van der Waals surface area (Å²) in [4.78, 5) is 0. The van der Waals surface area contributed by atoms with Crippen LogP contribution in [0.3, 0.4) is 0 Å². The summed E-state index contributed by atoms with van der Waals surface area (Å²) < 4.78 is 0.